The van der Waals surface area contributed by atoms with E-state index in [1.807, 2.05) is 12.1 Å². The fourth-order valence-electron chi connectivity index (χ4n) is 2.32. The Hall–Kier alpha value is -1.85. The minimum Gasteiger partial charge on any atom is -0.456 e. The Bertz CT molecular complexity index is 685. The van der Waals surface area contributed by atoms with Gasteiger partial charge in [-0.3, -0.25) is 0 Å². The molecule has 0 aromatic heterocycles. The predicted molar refractivity (Wildman–Crippen MR) is 78.0 cm³/mol. The van der Waals surface area contributed by atoms with Crippen LogP contribution >= 0.6 is 8.58 Å². The summed E-state index contributed by atoms with van der Waals surface area (Å²) in [5.41, 5.74) is 0. The van der Waals surface area contributed by atoms with E-state index in [2.05, 4.69) is 48.5 Å². The Kier molecular flexibility index (Phi) is 2.15. The van der Waals surface area contributed by atoms with Gasteiger partial charge in [-0.25, -0.2) is 0 Å². The van der Waals surface area contributed by atoms with Crippen molar-refractivity contribution in [2.45, 2.75) is 0 Å². The van der Waals surface area contributed by atoms with Gasteiger partial charge < -0.3 is 4.74 Å². The molecule has 1 aliphatic heterocycles. The molecular formula is C16H11OP. The van der Waals surface area contributed by atoms with Gasteiger partial charge in [0.25, 0.3) is 0 Å². The van der Waals surface area contributed by atoms with E-state index in [4.69, 9.17) is 4.74 Å². The molecule has 0 aliphatic carbocycles. The molecule has 0 radical (unpaired) electrons. The highest BCUT2D eigenvalue weighted by atomic mass is 31.1. The van der Waals surface area contributed by atoms with Crippen LogP contribution in [0.15, 0.2) is 60.7 Å². The van der Waals surface area contributed by atoms with Crippen LogP contribution < -0.4 is 15.3 Å². The van der Waals surface area contributed by atoms with Gasteiger partial charge in [0.15, 0.2) is 0 Å². The maximum atomic E-state index is 5.99. The first-order valence-corrected chi connectivity index (χ1v) is 6.97. The van der Waals surface area contributed by atoms with E-state index in [0.29, 0.717) is 8.58 Å². The molecule has 0 saturated carbocycles. The van der Waals surface area contributed by atoms with Crippen LogP contribution in [0.3, 0.4) is 0 Å². The maximum Gasteiger partial charge on any atom is 0.135 e. The van der Waals surface area contributed by atoms with Gasteiger partial charge in [0.1, 0.15) is 11.5 Å². The van der Waals surface area contributed by atoms with Crippen molar-refractivity contribution in [3.05, 3.63) is 60.7 Å². The molecule has 1 unspecified atom stereocenters. The Balaban J connectivity index is 1.92. The highest BCUT2D eigenvalue weighted by molar-refractivity contribution is 7.56. The average molecular weight is 250 g/mol. The first-order valence-electron chi connectivity index (χ1n) is 5.97. The summed E-state index contributed by atoms with van der Waals surface area (Å²) in [6.07, 6.45) is 0. The number of ether oxygens (including phenoxy) is 1. The zero-order valence-corrected chi connectivity index (χ0v) is 10.7. The summed E-state index contributed by atoms with van der Waals surface area (Å²) >= 11 is 0. The van der Waals surface area contributed by atoms with E-state index in [9.17, 15) is 0 Å². The molecule has 18 heavy (non-hydrogen) atoms. The molecule has 0 amide bonds. The van der Waals surface area contributed by atoms with Crippen LogP contribution in [0.5, 0.6) is 11.5 Å². The Morgan fingerprint density at radius 3 is 2.28 bits per heavy atom. The van der Waals surface area contributed by atoms with Gasteiger partial charge >= 0.3 is 0 Å². The van der Waals surface area contributed by atoms with Crippen molar-refractivity contribution in [1.82, 2.24) is 0 Å². The standard InChI is InChI=1S/C16H11OP/c1-2-6-12-10-16-14(9-11(12)5-1)17-13-7-3-4-8-15(13)18-16/h1-10,18H. The van der Waals surface area contributed by atoms with Crippen LogP contribution in [0.4, 0.5) is 0 Å². The topological polar surface area (TPSA) is 9.23 Å². The fourth-order valence-corrected chi connectivity index (χ4v) is 3.53. The molecular weight excluding hydrogens is 239 g/mol. The average Bonchev–Trinajstić information content (AvgIpc) is 2.42. The van der Waals surface area contributed by atoms with Gasteiger partial charge in [-0.1, -0.05) is 51.0 Å². The van der Waals surface area contributed by atoms with Crippen LogP contribution in [0, 0.1) is 0 Å². The van der Waals surface area contributed by atoms with Crippen LogP contribution in [-0.2, 0) is 0 Å². The zero-order valence-electron chi connectivity index (χ0n) is 9.68. The van der Waals surface area contributed by atoms with Crippen LogP contribution in [0.1, 0.15) is 0 Å². The Morgan fingerprint density at radius 2 is 1.39 bits per heavy atom. The second-order valence-electron chi connectivity index (χ2n) is 4.42. The number of para-hydroxylation sites is 1. The van der Waals surface area contributed by atoms with E-state index in [0.717, 1.165) is 11.5 Å². The van der Waals surface area contributed by atoms with Crippen molar-refractivity contribution in [3.63, 3.8) is 0 Å². The van der Waals surface area contributed by atoms with Gasteiger partial charge in [0.05, 0.1) is 0 Å². The first-order chi connectivity index (χ1) is 8.90. The highest BCUT2D eigenvalue weighted by Crippen LogP contribution is 2.34. The summed E-state index contributed by atoms with van der Waals surface area (Å²) < 4.78 is 5.99. The van der Waals surface area contributed by atoms with Crippen molar-refractivity contribution in [2.75, 3.05) is 0 Å². The van der Waals surface area contributed by atoms with Crippen molar-refractivity contribution >= 4 is 30.0 Å². The van der Waals surface area contributed by atoms with Gasteiger partial charge in [0.2, 0.25) is 0 Å². The van der Waals surface area contributed by atoms with Gasteiger partial charge in [-0.2, -0.15) is 0 Å². The van der Waals surface area contributed by atoms with Gasteiger partial charge in [-0.15, -0.1) is 0 Å². The van der Waals surface area contributed by atoms with Crippen LogP contribution in [0.25, 0.3) is 10.8 Å². The molecule has 1 aliphatic rings. The molecule has 0 N–H and O–H groups in total. The molecule has 0 bridgehead atoms. The first kappa shape index (κ1) is 10.1. The van der Waals surface area contributed by atoms with E-state index >= 15 is 0 Å². The number of hydrogen-bond acceptors (Lipinski definition) is 1. The Labute approximate surface area is 107 Å². The van der Waals surface area contributed by atoms with E-state index in [1.165, 1.54) is 21.4 Å². The smallest absolute Gasteiger partial charge is 0.135 e. The minimum atomic E-state index is 0.682. The second-order valence-corrected chi connectivity index (χ2v) is 5.75. The van der Waals surface area contributed by atoms with Crippen molar-refractivity contribution in [3.8, 4) is 11.5 Å². The summed E-state index contributed by atoms with van der Waals surface area (Å²) in [4.78, 5) is 0. The van der Waals surface area contributed by atoms with Crippen molar-refractivity contribution < 1.29 is 4.74 Å². The number of fused-ring (bicyclic) bond motifs is 3. The number of rotatable bonds is 0. The van der Waals surface area contributed by atoms with E-state index in [1.54, 1.807) is 0 Å². The van der Waals surface area contributed by atoms with Crippen LogP contribution in [-0.4, -0.2) is 0 Å². The fraction of sp³-hybridized carbons (Fsp3) is 0. The molecule has 2 heteroatoms. The highest BCUT2D eigenvalue weighted by Gasteiger charge is 2.16. The molecule has 0 spiro atoms. The molecule has 1 atom stereocenters. The summed E-state index contributed by atoms with van der Waals surface area (Å²) in [7, 11) is 0.682. The lowest BCUT2D eigenvalue weighted by atomic mass is 10.1. The minimum absolute atomic E-state index is 0.682. The summed E-state index contributed by atoms with van der Waals surface area (Å²) in [6, 6.07) is 21.1. The SMILES string of the molecule is c1ccc2c(c1)Oc1cc3ccccc3cc1P2. The van der Waals surface area contributed by atoms with Crippen molar-refractivity contribution in [2.24, 2.45) is 0 Å². The maximum absolute atomic E-state index is 5.99. The number of benzene rings is 3. The van der Waals surface area contributed by atoms with E-state index in [-0.39, 0.29) is 0 Å². The van der Waals surface area contributed by atoms with Gasteiger partial charge in [-0.05, 0) is 29.0 Å². The lowest BCUT2D eigenvalue weighted by molar-refractivity contribution is 0.489. The molecule has 86 valence electrons. The van der Waals surface area contributed by atoms with Crippen molar-refractivity contribution in [1.29, 1.82) is 0 Å². The quantitative estimate of drug-likeness (QED) is 0.433. The largest absolute Gasteiger partial charge is 0.456 e. The lowest BCUT2D eigenvalue weighted by Crippen LogP contribution is -2.15. The summed E-state index contributed by atoms with van der Waals surface area (Å²) in [6.45, 7) is 0. The molecule has 1 nitrogen and oxygen atoms in total. The molecule has 3 aromatic carbocycles. The molecule has 1 heterocycles. The van der Waals surface area contributed by atoms with Crippen LogP contribution in [0.2, 0.25) is 0 Å². The second kappa shape index (κ2) is 3.83. The Morgan fingerprint density at radius 1 is 0.667 bits per heavy atom. The third kappa shape index (κ3) is 1.52. The summed E-state index contributed by atoms with van der Waals surface area (Å²) in [5, 5.41) is 5.11. The third-order valence-electron chi connectivity index (χ3n) is 3.22. The van der Waals surface area contributed by atoms with Gasteiger partial charge in [0, 0.05) is 10.6 Å². The number of hydrogen-bond donors (Lipinski definition) is 0. The molecule has 4 rings (SSSR count). The monoisotopic (exact) mass is 250 g/mol. The zero-order chi connectivity index (χ0) is 11.9. The lowest BCUT2D eigenvalue weighted by Gasteiger charge is -2.20. The molecule has 0 saturated heterocycles. The predicted octanol–water partition coefficient (Wildman–Crippen LogP) is 3.57. The molecule has 3 aromatic rings. The third-order valence-corrected chi connectivity index (χ3v) is 4.57. The molecule has 0 fully saturated rings. The summed E-state index contributed by atoms with van der Waals surface area (Å²) in [5.74, 6) is 2.00. The van der Waals surface area contributed by atoms with E-state index < -0.39 is 0 Å². The normalized spacial score (nSPS) is 14.0.